The molecule has 1 N–H and O–H groups in total. The van der Waals surface area contributed by atoms with E-state index in [1.54, 1.807) is 11.3 Å². The highest BCUT2D eigenvalue weighted by Gasteiger charge is 2.09. The molecule has 3 heteroatoms. The molecule has 1 aromatic heterocycles. The van der Waals surface area contributed by atoms with Gasteiger partial charge in [0.2, 0.25) is 0 Å². The molecule has 0 fully saturated rings. The molecule has 0 aliphatic heterocycles. The number of aromatic nitrogens is 1. The first-order valence-electron chi connectivity index (χ1n) is 6.99. The van der Waals surface area contributed by atoms with Gasteiger partial charge in [0.1, 0.15) is 0 Å². The van der Waals surface area contributed by atoms with E-state index >= 15 is 0 Å². The van der Waals surface area contributed by atoms with Crippen LogP contribution in [0.5, 0.6) is 0 Å². The van der Waals surface area contributed by atoms with Gasteiger partial charge in [-0.25, -0.2) is 4.98 Å². The Kier molecular flexibility index (Phi) is 5.55. The van der Waals surface area contributed by atoms with E-state index in [1.165, 1.54) is 24.1 Å². The Hall–Kier alpha value is -1.19. The van der Waals surface area contributed by atoms with Gasteiger partial charge in [-0.1, -0.05) is 43.7 Å². The van der Waals surface area contributed by atoms with Gasteiger partial charge in [-0.3, -0.25) is 0 Å². The van der Waals surface area contributed by atoms with Crippen molar-refractivity contribution >= 4 is 11.3 Å². The average Bonchev–Trinajstić information content (AvgIpc) is 2.84. The second-order valence-electron chi connectivity index (χ2n) is 4.81. The third kappa shape index (κ3) is 4.44. The van der Waals surface area contributed by atoms with E-state index in [0.717, 1.165) is 18.0 Å². The maximum Gasteiger partial charge on any atom is 0.0897 e. The number of rotatable bonds is 7. The van der Waals surface area contributed by atoms with Crippen LogP contribution in [0, 0.1) is 6.92 Å². The molecular weight excluding hydrogens is 252 g/mol. The predicted octanol–water partition coefficient (Wildman–Crippen LogP) is 4.13. The van der Waals surface area contributed by atoms with Crippen molar-refractivity contribution in [3.05, 3.63) is 52.0 Å². The quantitative estimate of drug-likeness (QED) is 0.821. The van der Waals surface area contributed by atoms with Crippen LogP contribution >= 0.6 is 11.3 Å². The van der Waals surface area contributed by atoms with Gasteiger partial charge in [0.15, 0.2) is 0 Å². The monoisotopic (exact) mass is 274 g/mol. The van der Waals surface area contributed by atoms with E-state index < -0.39 is 0 Å². The SMILES string of the molecule is CCCC(NCCc1csc(C)n1)c1ccccc1. The summed E-state index contributed by atoms with van der Waals surface area (Å²) in [6.07, 6.45) is 3.39. The second-order valence-corrected chi connectivity index (χ2v) is 5.88. The summed E-state index contributed by atoms with van der Waals surface area (Å²) in [5, 5.41) is 6.98. The molecule has 2 rings (SSSR count). The van der Waals surface area contributed by atoms with E-state index in [4.69, 9.17) is 0 Å². The molecule has 0 spiro atoms. The minimum atomic E-state index is 0.464. The third-order valence-corrected chi connectivity index (χ3v) is 4.04. The fourth-order valence-corrected chi connectivity index (χ4v) is 2.91. The van der Waals surface area contributed by atoms with Gasteiger partial charge in [-0.05, 0) is 18.9 Å². The highest BCUT2D eigenvalue weighted by atomic mass is 32.1. The molecule has 0 bridgehead atoms. The second kappa shape index (κ2) is 7.41. The molecule has 1 aromatic carbocycles. The molecule has 0 saturated heterocycles. The summed E-state index contributed by atoms with van der Waals surface area (Å²) in [5.41, 5.74) is 2.59. The van der Waals surface area contributed by atoms with E-state index in [2.05, 4.69) is 59.9 Å². The third-order valence-electron chi connectivity index (χ3n) is 3.22. The van der Waals surface area contributed by atoms with Crippen LogP contribution in [0.2, 0.25) is 0 Å². The summed E-state index contributed by atoms with van der Waals surface area (Å²) in [4.78, 5) is 4.50. The Morgan fingerprint density at radius 3 is 2.68 bits per heavy atom. The molecule has 0 radical (unpaired) electrons. The van der Waals surface area contributed by atoms with Crippen LogP contribution in [0.4, 0.5) is 0 Å². The van der Waals surface area contributed by atoms with Crippen LogP contribution in [0.15, 0.2) is 35.7 Å². The van der Waals surface area contributed by atoms with Crippen molar-refractivity contribution in [2.24, 2.45) is 0 Å². The first-order valence-corrected chi connectivity index (χ1v) is 7.87. The van der Waals surface area contributed by atoms with Crippen molar-refractivity contribution in [1.82, 2.24) is 10.3 Å². The fourth-order valence-electron chi connectivity index (χ4n) is 2.26. The number of aryl methyl sites for hydroxylation is 1. The van der Waals surface area contributed by atoms with Gasteiger partial charge in [-0.2, -0.15) is 0 Å². The number of hydrogen-bond donors (Lipinski definition) is 1. The van der Waals surface area contributed by atoms with Crippen molar-refractivity contribution in [2.75, 3.05) is 6.54 Å². The predicted molar refractivity (Wildman–Crippen MR) is 82.6 cm³/mol. The zero-order valence-electron chi connectivity index (χ0n) is 11.7. The minimum absolute atomic E-state index is 0.464. The summed E-state index contributed by atoms with van der Waals surface area (Å²) < 4.78 is 0. The van der Waals surface area contributed by atoms with Crippen molar-refractivity contribution in [3.8, 4) is 0 Å². The Balaban J connectivity index is 1.87. The largest absolute Gasteiger partial charge is 0.310 e. The normalized spacial score (nSPS) is 12.5. The van der Waals surface area contributed by atoms with Gasteiger partial charge in [0.25, 0.3) is 0 Å². The smallest absolute Gasteiger partial charge is 0.0897 e. The van der Waals surface area contributed by atoms with E-state index in [0.29, 0.717) is 6.04 Å². The van der Waals surface area contributed by atoms with E-state index in [-0.39, 0.29) is 0 Å². The van der Waals surface area contributed by atoms with E-state index in [1.807, 2.05) is 0 Å². The van der Waals surface area contributed by atoms with Crippen LogP contribution in [-0.4, -0.2) is 11.5 Å². The summed E-state index contributed by atoms with van der Waals surface area (Å²) in [6, 6.07) is 11.2. The van der Waals surface area contributed by atoms with Gasteiger partial charge in [-0.15, -0.1) is 11.3 Å². The van der Waals surface area contributed by atoms with Crippen molar-refractivity contribution in [1.29, 1.82) is 0 Å². The van der Waals surface area contributed by atoms with Crippen molar-refractivity contribution < 1.29 is 0 Å². The van der Waals surface area contributed by atoms with Gasteiger partial charge in [0, 0.05) is 24.4 Å². The highest BCUT2D eigenvalue weighted by molar-refractivity contribution is 7.09. The lowest BCUT2D eigenvalue weighted by Gasteiger charge is -2.18. The van der Waals surface area contributed by atoms with E-state index in [9.17, 15) is 0 Å². The lowest BCUT2D eigenvalue weighted by Crippen LogP contribution is -2.23. The van der Waals surface area contributed by atoms with Crippen LogP contribution in [0.25, 0.3) is 0 Å². The average molecular weight is 274 g/mol. The van der Waals surface area contributed by atoms with Crippen molar-refractivity contribution in [3.63, 3.8) is 0 Å². The Labute approximate surface area is 119 Å². The Morgan fingerprint density at radius 1 is 1.26 bits per heavy atom. The summed E-state index contributed by atoms with van der Waals surface area (Å²) >= 11 is 1.73. The lowest BCUT2D eigenvalue weighted by atomic mass is 10.0. The standard InChI is InChI=1S/C16H22N2S/c1-3-7-16(14-8-5-4-6-9-14)17-11-10-15-12-19-13(2)18-15/h4-6,8-9,12,16-17H,3,7,10-11H2,1-2H3. The number of hydrogen-bond acceptors (Lipinski definition) is 3. The fraction of sp³-hybridized carbons (Fsp3) is 0.438. The van der Waals surface area contributed by atoms with Crippen LogP contribution in [-0.2, 0) is 6.42 Å². The summed E-state index contributed by atoms with van der Waals surface area (Å²) in [6.45, 7) is 5.29. The first-order chi connectivity index (χ1) is 9.29. The maximum atomic E-state index is 4.50. The lowest BCUT2D eigenvalue weighted by molar-refractivity contribution is 0.496. The molecule has 102 valence electrons. The Bertz CT molecular complexity index is 479. The molecule has 0 aliphatic rings. The van der Waals surface area contributed by atoms with Crippen LogP contribution in [0.1, 0.15) is 42.1 Å². The zero-order valence-corrected chi connectivity index (χ0v) is 12.5. The molecule has 1 unspecified atom stereocenters. The molecular formula is C16H22N2S. The van der Waals surface area contributed by atoms with Crippen molar-refractivity contribution in [2.45, 2.75) is 39.2 Å². The molecule has 1 atom stereocenters. The molecule has 2 aromatic rings. The van der Waals surface area contributed by atoms with Crippen LogP contribution in [0.3, 0.4) is 0 Å². The molecule has 1 heterocycles. The Morgan fingerprint density at radius 2 is 2.05 bits per heavy atom. The minimum Gasteiger partial charge on any atom is -0.310 e. The molecule has 2 nitrogen and oxygen atoms in total. The number of nitrogens with one attached hydrogen (secondary N) is 1. The molecule has 0 aliphatic carbocycles. The highest BCUT2D eigenvalue weighted by Crippen LogP contribution is 2.18. The molecule has 0 amide bonds. The van der Waals surface area contributed by atoms with Gasteiger partial charge < -0.3 is 5.32 Å². The molecule has 0 saturated carbocycles. The van der Waals surface area contributed by atoms with Crippen LogP contribution < -0.4 is 5.32 Å². The maximum absolute atomic E-state index is 4.50. The number of nitrogens with zero attached hydrogens (tertiary/aromatic N) is 1. The number of thiazole rings is 1. The zero-order chi connectivity index (χ0) is 13.5. The molecule has 19 heavy (non-hydrogen) atoms. The number of benzene rings is 1. The first kappa shape index (κ1) is 14.2. The van der Waals surface area contributed by atoms with Gasteiger partial charge >= 0.3 is 0 Å². The summed E-state index contributed by atoms with van der Waals surface area (Å²) in [5.74, 6) is 0. The topological polar surface area (TPSA) is 24.9 Å². The van der Waals surface area contributed by atoms with Gasteiger partial charge in [0.05, 0.1) is 10.7 Å². The summed E-state index contributed by atoms with van der Waals surface area (Å²) in [7, 11) is 0.